The van der Waals surface area contributed by atoms with Crippen molar-refractivity contribution in [3.63, 3.8) is 0 Å². The van der Waals surface area contributed by atoms with Crippen LogP contribution in [0.3, 0.4) is 0 Å². The van der Waals surface area contributed by atoms with Gasteiger partial charge < -0.3 is 0 Å². The van der Waals surface area contributed by atoms with Crippen molar-refractivity contribution in [2.45, 2.75) is 6.42 Å². The van der Waals surface area contributed by atoms with Crippen LogP contribution in [0, 0.1) is 5.82 Å². The Balaban J connectivity index is 2.54. The Hall–Kier alpha value is -1.26. The summed E-state index contributed by atoms with van der Waals surface area (Å²) in [5.41, 5.74) is 0.416. The fourth-order valence-corrected chi connectivity index (χ4v) is 1.20. The van der Waals surface area contributed by atoms with E-state index >= 15 is 0 Å². The van der Waals surface area contributed by atoms with Crippen LogP contribution in [0.5, 0.6) is 0 Å². The van der Waals surface area contributed by atoms with Crippen LogP contribution in [0.4, 0.5) is 4.39 Å². The molecule has 0 heterocycles. The first kappa shape index (κ1) is 11.8. The molecule has 1 rings (SSSR count). The summed E-state index contributed by atoms with van der Waals surface area (Å²) < 4.78 is 12.8. The lowest BCUT2D eigenvalue weighted by Crippen LogP contribution is -3.07. The summed E-state index contributed by atoms with van der Waals surface area (Å²) in [6.07, 6.45) is 0.350. The Morgan fingerprint density at radius 3 is 2.87 bits per heavy atom. The van der Waals surface area contributed by atoms with Gasteiger partial charge >= 0.3 is 0 Å². The Labute approximate surface area is 88.4 Å². The number of Topliss-reactive ketones (excluding diaryl/α,β-unsaturated/α-hetero) is 1. The molecule has 0 fully saturated rings. The molecule has 1 unspecified atom stereocenters. The predicted molar refractivity (Wildman–Crippen MR) is 54.1 cm³/mol. The fourth-order valence-electron chi connectivity index (χ4n) is 1.20. The van der Waals surface area contributed by atoms with Crippen molar-refractivity contribution >= 4 is 5.78 Å². The van der Waals surface area contributed by atoms with E-state index in [-0.39, 0.29) is 11.6 Å². The first-order chi connectivity index (χ1) is 7.13. The minimum atomic E-state index is -0.381. The molecule has 0 aliphatic heterocycles. The third-order valence-corrected chi connectivity index (χ3v) is 2.20. The van der Waals surface area contributed by atoms with Crippen molar-refractivity contribution < 1.29 is 19.1 Å². The highest BCUT2D eigenvalue weighted by Gasteiger charge is 2.09. The van der Waals surface area contributed by atoms with Crippen LogP contribution in [0.2, 0.25) is 0 Å². The molecule has 1 N–H and O–H groups in total. The zero-order chi connectivity index (χ0) is 11.3. The maximum atomic E-state index is 12.8. The third kappa shape index (κ3) is 3.77. The number of hydroxylamine groups is 2. The number of carbonyl (C=O) groups is 1. The first-order valence-corrected chi connectivity index (χ1v) is 4.78. The first-order valence-electron chi connectivity index (χ1n) is 4.78. The molecule has 15 heavy (non-hydrogen) atoms. The molecule has 0 saturated carbocycles. The number of hydrogen-bond donors (Lipinski definition) is 1. The van der Waals surface area contributed by atoms with Gasteiger partial charge in [0.25, 0.3) is 0 Å². The molecule has 0 amide bonds. The van der Waals surface area contributed by atoms with Gasteiger partial charge in [-0.15, -0.1) is 0 Å². The summed E-state index contributed by atoms with van der Waals surface area (Å²) in [5.74, 6) is -0.445. The molecule has 0 bridgehead atoms. The Bertz CT molecular complexity index is 341. The number of ketones is 1. The van der Waals surface area contributed by atoms with Crippen molar-refractivity contribution in [1.82, 2.24) is 0 Å². The van der Waals surface area contributed by atoms with Crippen molar-refractivity contribution in [3.8, 4) is 0 Å². The Kier molecular flexibility index (Phi) is 4.39. The van der Waals surface area contributed by atoms with Crippen LogP contribution in [0.1, 0.15) is 16.8 Å². The molecule has 0 spiro atoms. The maximum Gasteiger partial charge on any atom is 0.168 e. The summed E-state index contributed by atoms with van der Waals surface area (Å²) in [7, 11) is 3.39. The molecule has 0 aromatic heterocycles. The molecule has 1 atom stereocenters. The summed E-state index contributed by atoms with van der Waals surface area (Å²) in [6.45, 7) is 0.575. The highest BCUT2D eigenvalue weighted by atomic mass is 19.1. The minimum absolute atomic E-state index is 0.0640. The average Bonchev–Trinajstić information content (AvgIpc) is 2.25. The number of quaternary nitrogens is 1. The highest BCUT2D eigenvalue weighted by Crippen LogP contribution is 2.05. The molecule has 0 aliphatic carbocycles. The standard InChI is InChI=1S/C11H14FNO2/c1-13(15-2)7-6-11(14)9-4-3-5-10(12)8-9/h3-5,8H,6-7H2,1-2H3/p+1. The third-order valence-electron chi connectivity index (χ3n) is 2.20. The molecule has 4 heteroatoms. The predicted octanol–water partition coefficient (Wildman–Crippen LogP) is 0.475. The maximum absolute atomic E-state index is 12.8. The SMILES string of the molecule is CO[NH+](C)CCC(=O)c1cccc(F)c1. The van der Waals surface area contributed by atoms with Gasteiger partial charge in [-0.05, 0) is 12.1 Å². The summed E-state index contributed by atoms with van der Waals surface area (Å²) in [6, 6.07) is 5.73. The Morgan fingerprint density at radius 2 is 2.27 bits per heavy atom. The molecule has 1 aromatic carbocycles. The molecule has 0 saturated heterocycles. The van der Waals surface area contributed by atoms with E-state index in [1.807, 2.05) is 7.05 Å². The van der Waals surface area contributed by atoms with Crippen molar-refractivity contribution in [2.24, 2.45) is 0 Å². The van der Waals surface area contributed by atoms with E-state index in [1.165, 1.54) is 18.2 Å². The quantitative estimate of drug-likeness (QED) is 0.568. The van der Waals surface area contributed by atoms with Gasteiger partial charge in [0.15, 0.2) is 5.78 Å². The van der Waals surface area contributed by atoms with E-state index in [9.17, 15) is 9.18 Å². The van der Waals surface area contributed by atoms with Crippen LogP contribution < -0.4 is 5.06 Å². The van der Waals surface area contributed by atoms with Gasteiger partial charge in [0, 0.05) is 5.56 Å². The lowest BCUT2D eigenvalue weighted by molar-refractivity contribution is -1.07. The molecule has 0 radical (unpaired) electrons. The van der Waals surface area contributed by atoms with E-state index in [2.05, 4.69) is 0 Å². The smallest absolute Gasteiger partial charge is 0.168 e. The number of carbonyl (C=O) groups excluding carboxylic acids is 1. The fraction of sp³-hybridized carbons (Fsp3) is 0.364. The van der Waals surface area contributed by atoms with Gasteiger partial charge in [-0.2, -0.15) is 5.06 Å². The average molecular weight is 212 g/mol. The normalized spacial score (nSPS) is 12.5. The Morgan fingerprint density at radius 1 is 1.53 bits per heavy atom. The van der Waals surface area contributed by atoms with Crippen molar-refractivity contribution in [2.75, 3.05) is 20.7 Å². The van der Waals surface area contributed by atoms with Crippen LogP contribution >= 0.6 is 0 Å². The van der Waals surface area contributed by atoms with E-state index in [0.29, 0.717) is 18.5 Å². The second kappa shape index (κ2) is 5.58. The zero-order valence-electron chi connectivity index (χ0n) is 8.92. The summed E-state index contributed by atoms with van der Waals surface area (Å²) >= 11 is 0. The monoisotopic (exact) mass is 212 g/mol. The number of halogens is 1. The second-order valence-electron chi connectivity index (χ2n) is 3.34. The molecule has 1 aromatic rings. The number of hydrogen-bond acceptors (Lipinski definition) is 2. The van der Waals surface area contributed by atoms with Crippen molar-refractivity contribution in [1.29, 1.82) is 0 Å². The van der Waals surface area contributed by atoms with E-state index in [1.54, 1.807) is 13.2 Å². The molecular formula is C11H15FNO2+. The summed E-state index contributed by atoms with van der Waals surface area (Å²) in [5, 5.41) is 0.805. The van der Waals surface area contributed by atoms with E-state index < -0.39 is 0 Å². The molecule has 3 nitrogen and oxygen atoms in total. The van der Waals surface area contributed by atoms with Crippen molar-refractivity contribution in [3.05, 3.63) is 35.6 Å². The minimum Gasteiger partial charge on any atom is -0.294 e. The highest BCUT2D eigenvalue weighted by molar-refractivity contribution is 5.96. The second-order valence-corrected chi connectivity index (χ2v) is 3.34. The van der Waals surface area contributed by atoms with Gasteiger partial charge in [0.05, 0.1) is 20.6 Å². The van der Waals surface area contributed by atoms with E-state index in [0.717, 1.165) is 5.06 Å². The largest absolute Gasteiger partial charge is 0.294 e. The topological polar surface area (TPSA) is 30.7 Å². The lowest BCUT2D eigenvalue weighted by atomic mass is 10.1. The van der Waals surface area contributed by atoms with Gasteiger partial charge in [0.1, 0.15) is 12.4 Å². The van der Waals surface area contributed by atoms with Crippen LogP contribution in [-0.4, -0.2) is 26.5 Å². The number of nitrogens with one attached hydrogen (secondary N) is 1. The van der Waals surface area contributed by atoms with Crippen LogP contribution in [-0.2, 0) is 4.84 Å². The van der Waals surface area contributed by atoms with Crippen LogP contribution in [0.15, 0.2) is 24.3 Å². The molecular weight excluding hydrogens is 197 g/mol. The van der Waals surface area contributed by atoms with Gasteiger partial charge in [-0.3, -0.25) is 4.79 Å². The number of rotatable bonds is 5. The van der Waals surface area contributed by atoms with Gasteiger partial charge in [-0.1, -0.05) is 12.1 Å². The molecule has 82 valence electrons. The van der Waals surface area contributed by atoms with Gasteiger partial charge in [0.2, 0.25) is 0 Å². The lowest BCUT2D eigenvalue weighted by Gasteiger charge is -2.08. The van der Waals surface area contributed by atoms with E-state index in [4.69, 9.17) is 4.84 Å². The van der Waals surface area contributed by atoms with Gasteiger partial charge in [-0.25, -0.2) is 9.23 Å². The zero-order valence-corrected chi connectivity index (χ0v) is 8.92. The molecule has 0 aliphatic rings. The number of benzene rings is 1. The van der Waals surface area contributed by atoms with Crippen LogP contribution in [0.25, 0.3) is 0 Å². The summed E-state index contributed by atoms with van der Waals surface area (Å²) in [4.78, 5) is 16.5.